The third-order valence-corrected chi connectivity index (χ3v) is 3.04. The molecule has 0 aromatic heterocycles. The van der Waals surface area contributed by atoms with Gasteiger partial charge in [0, 0.05) is 6.54 Å². The van der Waals surface area contributed by atoms with Crippen molar-refractivity contribution in [1.29, 1.82) is 0 Å². The number of ether oxygens (including phenoxy) is 1. The highest BCUT2D eigenvalue weighted by atomic mass is 16.6. The molecule has 4 nitrogen and oxygen atoms in total. The van der Waals surface area contributed by atoms with E-state index in [0.717, 1.165) is 12.0 Å². The van der Waals surface area contributed by atoms with Gasteiger partial charge in [-0.1, -0.05) is 29.8 Å². The minimum Gasteiger partial charge on any atom is -0.447 e. The largest absolute Gasteiger partial charge is 0.447 e. The van der Waals surface area contributed by atoms with E-state index in [2.05, 4.69) is 24.3 Å². The Morgan fingerprint density at radius 1 is 1.41 bits per heavy atom. The smallest absolute Gasteiger partial charge is 0.410 e. The zero-order valence-electron chi connectivity index (χ0n) is 10.1. The lowest BCUT2D eigenvalue weighted by Gasteiger charge is -2.21. The second kappa shape index (κ2) is 5.19. The van der Waals surface area contributed by atoms with E-state index in [1.54, 1.807) is 4.90 Å². The number of nitrogens with two attached hydrogens (primary N) is 1. The van der Waals surface area contributed by atoms with Crippen LogP contribution in [0.25, 0.3) is 0 Å². The number of rotatable bonds is 4. The van der Waals surface area contributed by atoms with E-state index in [-0.39, 0.29) is 12.1 Å². The molecule has 1 saturated heterocycles. The van der Waals surface area contributed by atoms with Crippen LogP contribution in [0.2, 0.25) is 0 Å². The normalized spacial score (nSPS) is 19.5. The summed E-state index contributed by atoms with van der Waals surface area (Å²) in [5.41, 5.74) is 7.82. The first-order valence-electron chi connectivity index (χ1n) is 5.92. The van der Waals surface area contributed by atoms with Crippen molar-refractivity contribution in [2.75, 3.05) is 19.7 Å². The molecule has 2 N–H and O–H groups in total. The monoisotopic (exact) mass is 234 g/mol. The molecule has 1 fully saturated rings. The SMILES string of the molecule is Cc1ccc(C2COC(=O)N2CCCN)cc1. The predicted octanol–water partition coefficient (Wildman–Crippen LogP) is 1.84. The van der Waals surface area contributed by atoms with Gasteiger partial charge in [0.1, 0.15) is 6.61 Å². The Labute approximate surface area is 101 Å². The van der Waals surface area contributed by atoms with Crippen LogP contribution in [-0.2, 0) is 4.74 Å². The molecule has 92 valence electrons. The Bertz CT molecular complexity index is 389. The van der Waals surface area contributed by atoms with Gasteiger partial charge < -0.3 is 10.5 Å². The van der Waals surface area contributed by atoms with Crippen LogP contribution in [0.4, 0.5) is 4.79 Å². The lowest BCUT2D eigenvalue weighted by Crippen LogP contribution is -2.29. The van der Waals surface area contributed by atoms with Crippen LogP contribution in [0.5, 0.6) is 0 Å². The molecule has 1 atom stereocenters. The van der Waals surface area contributed by atoms with Crippen molar-refractivity contribution >= 4 is 6.09 Å². The first kappa shape index (κ1) is 11.9. The summed E-state index contributed by atoms with van der Waals surface area (Å²) in [5, 5.41) is 0. The second-order valence-corrected chi connectivity index (χ2v) is 4.34. The Kier molecular flexibility index (Phi) is 3.64. The fourth-order valence-electron chi connectivity index (χ4n) is 2.02. The standard InChI is InChI=1S/C13H18N2O2/c1-10-3-5-11(6-4-10)12-9-17-13(16)15(12)8-2-7-14/h3-6,12H,2,7-9,14H2,1H3. The topological polar surface area (TPSA) is 55.6 Å². The molecule has 2 rings (SSSR count). The molecular weight excluding hydrogens is 216 g/mol. The van der Waals surface area contributed by atoms with E-state index in [9.17, 15) is 4.79 Å². The number of nitrogens with zero attached hydrogens (tertiary/aromatic N) is 1. The maximum atomic E-state index is 11.6. The third kappa shape index (κ3) is 2.58. The number of carbonyl (C=O) groups excluding carboxylic acids is 1. The number of hydrogen-bond donors (Lipinski definition) is 1. The fraction of sp³-hybridized carbons (Fsp3) is 0.462. The molecule has 4 heteroatoms. The van der Waals surface area contributed by atoms with E-state index in [0.29, 0.717) is 19.7 Å². The van der Waals surface area contributed by atoms with Crippen LogP contribution in [0.15, 0.2) is 24.3 Å². The molecule has 1 unspecified atom stereocenters. The molecule has 1 aliphatic rings. The fourth-order valence-corrected chi connectivity index (χ4v) is 2.02. The summed E-state index contributed by atoms with van der Waals surface area (Å²) in [6.45, 7) is 3.73. The number of cyclic esters (lactones) is 1. The van der Waals surface area contributed by atoms with Crippen molar-refractivity contribution < 1.29 is 9.53 Å². The summed E-state index contributed by atoms with van der Waals surface area (Å²) >= 11 is 0. The zero-order chi connectivity index (χ0) is 12.3. The van der Waals surface area contributed by atoms with Crippen LogP contribution in [0, 0.1) is 6.92 Å². The van der Waals surface area contributed by atoms with E-state index >= 15 is 0 Å². The van der Waals surface area contributed by atoms with Crippen molar-refractivity contribution in [2.24, 2.45) is 5.73 Å². The number of benzene rings is 1. The predicted molar refractivity (Wildman–Crippen MR) is 65.6 cm³/mol. The highest BCUT2D eigenvalue weighted by Gasteiger charge is 2.33. The van der Waals surface area contributed by atoms with Crippen molar-refractivity contribution in [1.82, 2.24) is 4.90 Å². The molecule has 0 bridgehead atoms. The van der Waals surface area contributed by atoms with Gasteiger partial charge in [-0.15, -0.1) is 0 Å². The number of carbonyl (C=O) groups is 1. The Balaban J connectivity index is 2.13. The van der Waals surface area contributed by atoms with Gasteiger partial charge >= 0.3 is 6.09 Å². The minimum atomic E-state index is -0.232. The number of aryl methyl sites for hydroxylation is 1. The summed E-state index contributed by atoms with van der Waals surface area (Å²) in [6, 6.07) is 8.25. The minimum absolute atomic E-state index is 0.0367. The Hall–Kier alpha value is -1.55. The molecule has 17 heavy (non-hydrogen) atoms. The molecule has 0 saturated carbocycles. The highest BCUT2D eigenvalue weighted by molar-refractivity contribution is 5.70. The Morgan fingerprint density at radius 3 is 2.76 bits per heavy atom. The maximum absolute atomic E-state index is 11.6. The molecule has 0 radical (unpaired) electrons. The summed E-state index contributed by atoms with van der Waals surface area (Å²) < 4.78 is 5.11. The lowest BCUT2D eigenvalue weighted by molar-refractivity contribution is 0.157. The average Bonchev–Trinajstić information content (AvgIpc) is 2.69. The number of hydrogen-bond acceptors (Lipinski definition) is 3. The van der Waals surface area contributed by atoms with Gasteiger partial charge in [-0.3, -0.25) is 4.90 Å². The molecule has 1 amide bonds. The van der Waals surface area contributed by atoms with Crippen molar-refractivity contribution in [2.45, 2.75) is 19.4 Å². The number of amides is 1. The first-order valence-corrected chi connectivity index (χ1v) is 5.92. The van der Waals surface area contributed by atoms with E-state index in [1.807, 2.05) is 6.92 Å². The first-order chi connectivity index (χ1) is 8.22. The molecule has 0 spiro atoms. The van der Waals surface area contributed by atoms with Gasteiger partial charge in [0.15, 0.2) is 0 Å². The van der Waals surface area contributed by atoms with E-state index < -0.39 is 0 Å². The molecule has 0 aliphatic carbocycles. The summed E-state index contributed by atoms with van der Waals surface area (Å²) in [5.74, 6) is 0. The van der Waals surface area contributed by atoms with Crippen LogP contribution in [0.1, 0.15) is 23.6 Å². The summed E-state index contributed by atoms with van der Waals surface area (Å²) in [4.78, 5) is 13.4. The molecule has 1 aromatic carbocycles. The molecule has 1 heterocycles. The Morgan fingerprint density at radius 2 is 2.12 bits per heavy atom. The van der Waals surface area contributed by atoms with Gasteiger partial charge in [-0.25, -0.2) is 4.79 Å². The summed E-state index contributed by atoms with van der Waals surface area (Å²) in [7, 11) is 0. The van der Waals surface area contributed by atoms with Crippen molar-refractivity contribution in [3.63, 3.8) is 0 Å². The summed E-state index contributed by atoms with van der Waals surface area (Å²) in [6.07, 6.45) is 0.571. The third-order valence-electron chi connectivity index (χ3n) is 3.04. The van der Waals surface area contributed by atoms with Crippen LogP contribution in [-0.4, -0.2) is 30.7 Å². The average molecular weight is 234 g/mol. The van der Waals surface area contributed by atoms with Gasteiger partial charge in [-0.2, -0.15) is 0 Å². The molecule has 1 aliphatic heterocycles. The molecule has 1 aromatic rings. The van der Waals surface area contributed by atoms with Crippen molar-refractivity contribution in [3.8, 4) is 0 Å². The van der Waals surface area contributed by atoms with E-state index in [1.165, 1.54) is 5.56 Å². The maximum Gasteiger partial charge on any atom is 0.410 e. The zero-order valence-corrected chi connectivity index (χ0v) is 10.1. The highest BCUT2D eigenvalue weighted by Crippen LogP contribution is 2.27. The van der Waals surface area contributed by atoms with Gasteiger partial charge in [0.2, 0.25) is 0 Å². The molecular formula is C13H18N2O2. The van der Waals surface area contributed by atoms with Crippen LogP contribution < -0.4 is 5.73 Å². The van der Waals surface area contributed by atoms with Gasteiger partial charge in [0.05, 0.1) is 6.04 Å². The van der Waals surface area contributed by atoms with Gasteiger partial charge in [-0.05, 0) is 25.5 Å². The van der Waals surface area contributed by atoms with Gasteiger partial charge in [0.25, 0.3) is 0 Å². The second-order valence-electron chi connectivity index (χ2n) is 4.34. The van der Waals surface area contributed by atoms with Crippen LogP contribution >= 0.6 is 0 Å². The van der Waals surface area contributed by atoms with Crippen molar-refractivity contribution in [3.05, 3.63) is 35.4 Å². The van der Waals surface area contributed by atoms with Crippen LogP contribution in [0.3, 0.4) is 0 Å². The van der Waals surface area contributed by atoms with E-state index in [4.69, 9.17) is 10.5 Å². The lowest BCUT2D eigenvalue weighted by atomic mass is 10.1. The quantitative estimate of drug-likeness (QED) is 0.864.